The molecule has 2 heterocycles. The molecule has 4 heteroatoms. The normalized spacial score (nSPS) is 36.1. The Balaban J connectivity index is 1.93. The molecule has 0 saturated carbocycles. The molecule has 2 aliphatic heterocycles. The van der Waals surface area contributed by atoms with E-state index >= 15 is 0 Å². The molecule has 0 aromatic heterocycles. The highest BCUT2D eigenvalue weighted by atomic mass is 16.6. The minimum atomic E-state index is -0.602. The number of ketones is 1. The fourth-order valence-corrected chi connectivity index (χ4v) is 3.96. The maximum absolute atomic E-state index is 12.1. The number of hydrogen-bond acceptors (Lipinski definition) is 4. The van der Waals surface area contributed by atoms with Gasteiger partial charge >= 0.3 is 5.97 Å². The van der Waals surface area contributed by atoms with Crippen LogP contribution in [0.4, 0.5) is 0 Å². The molecule has 1 aromatic rings. The molecule has 2 saturated heterocycles. The van der Waals surface area contributed by atoms with E-state index in [1.54, 1.807) is 0 Å². The second kappa shape index (κ2) is 4.95. The van der Waals surface area contributed by atoms with Crippen molar-refractivity contribution in [3.05, 3.63) is 35.9 Å². The zero-order valence-corrected chi connectivity index (χ0v) is 12.7. The lowest BCUT2D eigenvalue weighted by molar-refractivity contribution is -0.153. The first kappa shape index (κ1) is 14.3. The van der Waals surface area contributed by atoms with Crippen molar-refractivity contribution in [3.8, 4) is 0 Å². The van der Waals surface area contributed by atoms with Gasteiger partial charge in [0.25, 0.3) is 0 Å². The quantitative estimate of drug-likeness (QED) is 0.618. The second-order valence-corrected chi connectivity index (χ2v) is 6.51. The van der Waals surface area contributed by atoms with E-state index < -0.39 is 11.5 Å². The molecule has 0 spiro atoms. The topological polar surface area (TPSA) is 46.6 Å². The third-order valence-electron chi connectivity index (χ3n) is 4.97. The van der Waals surface area contributed by atoms with Crippen LogP contribution in [0.25, 0.3) is 0 Å². The minimum absolute atomic E-state index is 0.0380. The van der Waals surface area contributed by atoms with E-state index in [9.17, 15) is 9.59 Å². The van der Waals surface area contributed by atoms with Gasteiger partial charge in [0.1, 0.15) is 17.3 Å². The van der Waals surface area contributed by atoms with E-state index in [0.717, 1.165) is 6.42 Å². The van der Waals surface area contributed by atoms with Crippen molar-refractivity contribution >= 4 is 11.8 Å². The Morgan fingerprint density at radius 1 is 1.33 bits per heavy atom. The molecular formula is C17H21NO3. The van der Waals surface area contributed by atoms with Crippen molar-refractivity contribution in [2.75, 3.05) is 13.6 Å². The molecule has 1 aromatic carbocycles. The van der Waals surface area contributed by atoms with Gasteiger partial charge in [0.05, 0.1) is 0 Å². The Kier molecular flexibility index (Phi) is 3.36. The summed E-state index contributed by atoms with van der Waals surface area (Å²) < 4.78 is 5.58. The van der Waals surface area contributed by atoms with Gasteiger partial charge in [-0.25, -0.2) is 0 Å². The van der Waals surface area contributed by atoms with Crippen molar-refractivity contribution in [1.29, 1.82) is 0 Å². The summed E-state index contributed by atoms with van der Waals surface area (Å²) in [7, 11) is 2.05. The maximum atomic E-state index is 12.1. The highest BCUT2D eigenvalue weighted by Crippen LogP contribution is 2.48. The summed E-state index contributed by atoms with van der Waals surface area (Å²) in [5.74, 6) is -1.07. The average molecular weight is 287 g/mol. The molecule has 0 amide bonds. The Hall–Kier alpha value is -1.68. The molecule has 2 aliphatic rings. The number of rotatable bonds is 2. The fraction of sp³-hybridized carbons (Fsp3) is 0.529. The first-order valence-electron chi connectivity index (χ1n) is 7.41. The van der Waals surface area contributed by atoms with Gasteiger partial charge < -0.3 is 4.74 Å². The molecule has 2 fully saturated rings. The van der Waals surface area contributed by atoms with Crippen LogP contribution in [0.3, 0.4) is 0 Å². The van der Waals surface area contributed by atoms with Crippen LogP contribution >= 0.6 is 0 Å². The van der Waals surface area contributed by atoms with Crippen LogP contribution in [0.2, 0.25) is 0 Å². The van der Waals surface area contributed by atoms with Gasteiger partial charge in [-0.05, 0) is 32.9 Å². The Morgan fingerprint density at radius 3 is 2.62 bits per heavy atom. The predicted molar refractivity (Wildman–Crippen MR) is 78.6 cm³/mol. The predicted octanol–water partition coefficient (Wildman–Crippen LogP) is 2.20. The third kappa shape index (κ3) is 2.27. The number of hydrogen-bond donors (Lipinski definition) is 0. The fourth-order valence-electron chi connectivity index (χ4n) is 3.96. The zero-order valence-electron chi connectivity index (χ0n) is 12.7. The van der Waals surface area contributed by atoms with Gasteiger partial charge in [-0.3, -0.25) is 14.5 Å². The van der Waals surface area contributed by atoms with E-state index in [4.69, 9.17) is 4.74 Å². The van der Waals surface area contributed by atoms with E-state index in [0.29, 0.717) is 6.54 Å². The average Bonchev–Trinajstić information content (AvgIpc) is 2.67. The molecule has 21 heavy (non-hydrogen) atoms. The van der Waals surface area contributed by atoms with Crippen molar-refractivity contribution < 1.29 is 14.3 Å². The van der Waals surface area contributed by atoms with Gasteiger partial charge in [-0.1, -0.05) is 30.3 Å². The van der Waals surface area contributed by atoms with Gasteiger partial charge in [0, 0.05) is 18.5 Å². The molecular weight excluding hydrogens is 266 g/mol. The first-order valence-corrected chi connectivity index (χ1v) is 7.41. The molecule has 4 atom stereocenters. The summed E-state index contributed by atoms with van der Waals surface area (Å²) in [6.45, 7) is 4.11. The summed E-state index contributed by atoms with van der Waals surface area (Å²) in [6, 6.07) is 10.5. The van der Waals surface area contributed by atoms with Gasteiger partial charge in [0.2, 0.25) is 0 Å². The van der Waals surface area contributed by atoms with Gasteiger partial charge in [-0.2, -0.15) is 0 Å². The van der Waals surface area contributed by atoms with Crippen LogP contribution in [-0.2, 0) is 14.3 Å². The minimum Gasteiger partial charge on any atom is -0.457 e. The number of nitrogens with zero attached hydrogens (tertiary/aromatic N) is 1. The highest BCUT2D eigenvalue weighted by Gasteiger charge is 2.58. The number of ether oxygens (including phenoxy) is 1. The molecule has 3 rings (SSSR count). The SMILES string of the molecule is CC(=O)[C@H]1C(=O)O[C@@]2(C)CN(C)[C@@H](c3ccccc3)C[C@@H]12. The Labute approximate surface area is 125 Å². The monoisotopic (exact) mass is 287 g/mol. The van der Waals surface area contributed by atoms with Crippen LogP contribution < -0.4 is 0 Å². The van der Waals surface area contributed by atoms with Crippen molar-refractivity contribution in [2.24, 2.45) is 11.8 Å². The summed E-state index contributed by atoms with van der Waals surface area (Å²) >= 11 is 0. The molecule has 112 valence electrons. The van der Waals surface area contributed by atoms with E-state index in [2.05, 4.69) is 17.0 Å². The van der Waals surface area contributed by atoms with Crippen LogP contribution in [-0.4, -0.2) is 35.8 Å². The number of Topliss-reactive ketones (excluding diaryl/α,β-unsaturated/α-hetero) is 1. The number of fused-ring (bicyclic) bond motifs is 1. The maximum Gasteiger partial charge on any atom is 0.317 e. The largest absolute Gasteiger partial charge is 0.457 e. The molecule has 0 N–H and O–H groups in total. The number of carbonyl (C=O) groups is 2. The first-order chi connectivity index (χ1) is 9.92. The lowest BCUT2D eigenvalue weighted by atomic mass is 9.72. The van der Waals surface area contributed by atoms with E-state index in [-0.39, 0.29) is 23.7 Å². The third-order valence-corrected chi connectivity index (χ3v) is 4.97. The van der Waals surface area contributed by atoms with Gasteiger partial charge in [-0.15, -0.1) is 0 Å². The van der Waals surface area contributed by atoms with Crippen molar-refractivity contribution in [1.82, 2.24) is 4.90 Å². The lowest BCUT2D eigenvalue weighted by Crippen LogP contribution is -2.51. The number of carbonyl (C=O) groups excluding carboxylic acids is 2. The smallest absolute Gasteiger partial charge is 0.317 e. The number of likely N-dealkylation sites (tertiary alicyclic amines) is 1. The molecule has 0 aliphatic carbocycles. The zero-order chi connectivity index (χ0) is 15.2. The molecule has 4 nitrogen and oxygen atoms in total. The van der Waals surface area contributed by atoms with E-state index in [1.807, 2.05) is 32.2 Å². The molecule has 0 bridgehead atoms. The van der Waals surface area contributed by atoms with Crippen LogP contribution in [0.15, 0.2) is 30.3 Å². The summed E-state index contributed by atoms with van der Waals surface area (Å²) in [6.07, 6.45) is 0.771. The Bertz CT molecular complexity index is 571. The summed E-state index contributed by atoms with van der Waals surface area (Å²) in [5, 5.41) is 0. The number of benzene rings is 1. The Morgan fingerprint density at radius 2 is 2.00 bits per heavy atom. The van der Waals surface area contributed by atoms with Crippen LogP contribution in [0, 0.1) is 11.8 Å². The second-order valence-electron chi connectivity index (χ2n) is 6.51. The standard InChI is InChI=1S/C17H21NO3/c1-11(19)15-13-9-14(12-7-5-4-6-8-12)18(3)10-17(13,2)21-16(15)20/h4-8,13-15H,9-10H2,1-3H3/t13-,14+,15+,17-/m0/s1. The van der Waals surface area contributed by atoms with Gasteiger partial charge in [0.15, 0.2) is 0 Å². The summed E-state index contributed by atoms with van der Waals surface area (Å²) in [4.78, 5) is 26.2. The highest BCUT2D eigenvalue weighted by molar-refractivity contribution is 5.99. The lowest BCUT2D eigenvalue weighted by Gasteiger charge is -2.45. The van der Waals surface area contributed by atoms with Crippen molar-refractivity contribution in [2.45, 2.75) is 31.9 Å². The van der Waals surface area contributed by atoms with Crippen LogP contribution in [0.5, 0.6) is 0 Å². The number of piperidine rings is 1. The number of esters is 1. The van der Waals surface area contributed by atoms with Crippen LogP contribution in [0.1, 0.15) is 31.9 Å². The van der Waals surface area contributed by atoms with E-state index in [1.165, 1.54) is 12.5 Å². The molecule has 0 radical (unpaired) electrons. The van der Waals surface area contributed by atoms with Crippen molar-refractivity contribution in [3.63, 3.8) is 0 Å². The molecule has 0 unspecified atom stereocenters. The number of likely N-dealkylation sites (N-methyl/N-ethyl adjacent to an activating group) is 1. The summed E-state index contributed by atoms with van der Waals surface area (Å²) in [5.41, 5.74) is 0.677.